The van der Waals surface area contributed by atoms with E-state index >= 15 is 0 Å². The molecule has 0 fully saturated rings. The quantitative estimate of drug-likeness (QED) is 0.139. The third kappa shape index (κ3) is 7.68. The van der Waals surface area contributed by atoms with Crippen molar-refractivity contribution in [3.8, 4) is 5.75 Å². The van der Waals surface area contributed by atoms with Crippen molar-refractivity contribution in [1.82, 2.24) is 5.43 Å². The summed E-state index contributed by atoms with van der Waals surface area (Å²) in [5.74, 6) is -0.0774. The molecule has 210 valence electrons. The number of non-ortho nitro benzene ring substituents is 1. The smallest absolute Gasteiger partial charge is 0.269 e. The monoisotopic (exact) mass is 592 g/mol. The van der Waals surface area contributed by atoms with Crippen molar-refractivity contribution in [3.63, 3.8) is 0 Å². The molecule has 0 saturated heterocycles. The maximum atomic E-state index is 13.5. The predicted molar refractivity (Wildman–Crippen MR) is 157 cm³/mol. The number of sulfonamides is 1. The molecule has 0 aromatic heterocycles. The number of carbonyl (C=O) groups excluding carboxylic acids is 1. The van der Waals surface area contributed by atoms with Crippen LogP contribution in [0.4, 0.5) is 11.4 Å². The van der Waals surface area contributed by atoms with Crippen molar-refractivity contribution < 1.29 is 22.9 Å². The van der Waals surface area contributed by atoms with E-state index in [-0.39, 0.29) is 22.9 Å². The Kier molecular flexibility index (Phi) is 9.33. The summed E-state index contributed by atoms with van der Waals surface area (Å²) in [6.07, 6.45) is 1.42. The first-order valence-electron chi connectivity index (χ1n) is 12.3. The first-order valence-corrected chi connectivity index (χ1v) is 14.1. The lowest BCUT2D eigenvalue weighted by molar-refractivity contribution is -0.384. The van der Waals surface area contributed by atoms with Crippen LogP contribution in [0.3, 0.4) is 0 Å². The first kappa shape index (κ1) is 29.2. The molecule has 10 nitrogen and oxygen atoms in total. The van der Waals surface area contributed by atoms with E-state index in [1.807, 2.05) is 0 Å². The average Bonchev–Trinajstić information content (AvgIpc) is 2.97. The van der Waals surface area contributed by atoms with Crippen LogP contribution < -0.4 is 14.5 Å². The van der Waals surface area contributed by atoms with Crippen LogP contribution in [0.5, 0.6) is 5.75 Å². The van der Waals surface area contributed by atoms with Crippen LogP contribution in [0.25, 0.3) is 0 Å². The molecule has 0 radical (unpaired) electrons. The molecule has 0 unspecified atom stereocenters. The van der Waals surface area contributed by atoms with Gasteiger partial charge in [-0.3, -0.25) is 19.2 Å². The number of ether oxygens (including phenoxy) is 1. The highest BCUT2D eigenvalue weighted by Crippen LogP contribution is 2.29. The number of hydrogen-bond acceptors (Lipinski definition) is 7. The van der Waals surface area contributed by atoms with E-state index in [4.69, 9.17) is 16.3 Å². The second kappa shape index (κ2) is 13.1. The average molecular weight is 593 g/mol. The number of halogens is 1. The molecule has 0 aliphatic carbocycles. The van der Waals surface area contributed by atoms with Crippen LogP contribution in [0.2, 0.25) is 5.02 Å². The van der Waals surface area contributed by atoms with Crippen LogP contribution in [0.15, 0.2) is 107 Å². The first-order chi connectivity index (χ1) is 19.6. The number of nitro benzene ring substituents is 1. The Morgan fingerprint density at radius 1 is 1.02 bits per heavy atom. The van der Waals surface area contributed by atoms with Crippen molar-refractivity contribution in [2.24, 2.45) is 5.10 Å². The lowest BCUT2D eigenvalue weighted by Gasteiger charge is -2.25. The molecule has 41 heavy (non-hydrogen) atoms. The number of nitro groups is 1. The van der Waals surface area contributed by atoms with Crippen molar-refractivity contribution in [2.45, 2.75) is 18.4 Å². The van der Waals surface area contributed by atoms with Crippen LogP contribution in [0.1, 0.15) is 16.7 Å². The van der Waals surface area contributed by atoms with Gasteiger partial charge in [0.1, 0.15) is 18.9 Å². The highest BCUT2D eigenvalue weighted by Gasteiger charge is 2.28. The van der Waals surface area contributed by atoms with Crippen LogP contribution in [-0.2, 0) is 21.4 Å². The van der Waals surface area contributed by atoms with Gasteiger partial charge in [-0.1, -0.05) is 35.9 Å². The lowest BCUT2D eigenvalue weighted by atomic mass is 10.2. The highest BCUT2D eigenvalue weighted by atomic mass is 35.5. The number of hydrazone groups is 1. The molecular formula is C29H25ClN4O6S. The van der Waals surface area contributed by atoms with E-state index < -0.39 is 27.4 Å². The van der Waals surface area contributed by atoms with E-state index in [1.165, 1.54) is 36.5 Å². The van der Waals surface area contributed by atoms with Gasteiger partial charge in [0.25, 0.3) is 21.6 Å². The molecule has 0 heterocycles. The number of nitrogens with zero attached hydrogens (tertiary/aromatic N) is 3. The minimum Gasteiger partial charge on any atom is -0.489 e. The molecule has 0 aliphatic heterocycles. The Bertz CT molecular complexity index is 1660. The van der Waals surface area contributed by atoms with Crippen molar-refractivity contribution in [1.29, 1.82) is 0 Å². The summed E-state index contributed by atoms with van der Waals surface area (Å²) in [6, 6.07) is 25.6. The van der Waals surface area contributed by atoms with E-state index in [9.17, 15) is 23.3 Å². The van der Waals surface area contributed by atoms with Gasteiger partial charge in [-0.05, 0) is 84.3 Å². The third-order valence-electron chi connectivity index (χ3n) is 5.89. The summed E-state index contributed by atoms with van der Waals surface area (Å²) < 4.78 is 33.7. The fourth-order valence-electron chi connectivity index (χ4n) is 3.75. The van der Waals surface area contributed by atoms with Gasteiger partial charge >= 0.3 is 0 Å². The Labute approximate surface area is 242 Å². The minimum atomic E-state index is -4.08. The van der Waals surface area contributed by atoms with Gasteiger partial charge in [-0.15, -0.1) is 0 Å². The zero-order chi connectivity index (χ0) is 29.4. The molecule has 0 bridgehead atoms. The molecule has 12 heteroatoms. The zero-order valence-electron chi connectivity index (χ0n) is 21.8. The standard InChI is InChI=1S/C29H25ClN4O6S/c1-21-7-12-24(30)17-28(21)33(41(38,39)27-5-3-2-4-6-27)19-29(35)32-31-18-22-10-15-26(16-11-22)40-20-23-8-13-25(14-9-23)34(36)37/h2-18H,19-20H2,1H3,(H,32,35)/b31-18+. The summed E-state index contributed by atoms with van der Waals surface area (Å²) in [4.78, 5) is 23.1. The van der Waals surface area contributed by atoms with Crippen LogP contribution >= 0.6 is 11.6 Å². The van der Waals surface area contributed by atoms with Gasteiger partial charge in [-0.25, -0.2) is 13.8 Å². The molecular weight excluding hydrogens is 568 g/mol. The number of nitrogens with one attached hydrogen (secondary N) is 1. The zero-order valence-corrected chi connectivity index (χ0v) is 23.4. The second-order valence-electron chi connectivity index (χ2n) is 8.83. The number of hydrogen-bond donors (Lipinski definition) is 1. The number of rotatable bonds is 11. The number of aryl methyl sites for hydroxylation is 1. The van der Waals surface area contributed by atoms with Gasteiger partial charge in [0.05, 0.1) is 21.7 Å². The van der Waals surface area contributed by atoms with E-state index in [0.717, 1.165) is 9.87 Å². The highest BCUT2D eigenvalue weighted by molar-refractivity contribution is 7.92. The molecule has 1 amide bonds. The number of carbonyl (C=O) groups is 1. The molecule has 4 aromatic rings. The summed E-state index contributed by atoms with van der Waals surface area (Å²) in [5.41, 5.74) is 4.73. The van der Waals surface area contributed by atoms with Gasteiger partial charge in [-0.2, -0.15) is 5.10 Å². The normalized spacial score (nSPS) is 11.3. The fourth-order valence-corrected chi connectivity index (χ4v) is 5.41. The van der Waals surface area contributed by atoms with Crippen LogP contribution in [0, 0.1) is 17.0 Å². The molecule has 4 rings (SSSR count). The van der Waals surface area contributed by atoms with Crippen molar-refractivity contribution in [3.05, 3.63) is 129 Å². The maximum absolute atomic E-state index is 13.5. The molecule has 0 spiro atoms. The van der Waals surface area contributed by atoms with E-state index in [1.54, 1.807) is 73.7 Å². The van der Waals surface area contributed by atoms with Gasteiger partial charge < -0.3 is 4.74 Å². The van der Waals surface area contributed by atoms with E-state index in [2.05, 4.69) is 10.5 Å². The summed E-state index contributed by atoms with van der Waals surface area (Å²) in [6.45, 7) is 1.44. The second-order valence-corrected chi connectivity index (χ2v) is 11.1. The number of benzene rings is 4. The molecule has 4 aromatic carbocycles. The largest absolute Gasteiger partial charge is 0.489 e. The van der Waals surface area contributed by atoms with E-state index in [0.29, 0.717) is 21.9 Å². The van der Waals surface area contributed by atoms with Crippen LogP contribution in [-0.4, -0.2) is 32.0 Å². The fraction of sp³-hybridized carbons (Fsp3) is 0.103. The topological polar surface area (TPSA) is 131 Å². The van der Waals surface area contributed by atoms with Gasteiger partial charge in [0.15, 0.2) is 0 Å². The Hall–Kier alpha value is -4.74. The summed E-state index contributed by atoms with van der Waals surface area (Å²) >= 11 is 6.15. The number of amides is 1. The van der Waals surface area contributed by atoms with Gasteiger partial charge in [0, 0.05) is 17.2 Å². The maximum Gasteiger partial charge on any atom is 0.269 e. The van der Waals surface area contributed by atoms with Gasteiger partial charge in [0.2, 0.25) is 0 Å². The summed E-state index contributed by atoms with van der Waals surface area (Å²) in [5, 5.41) is 15.1. The van der Waals surface area contributed by atoms with Crippen molar-refractivity contribution >= 4 is 45.1 Å². The Morgan fingerprint density at radius 3 is 2.37 bits per heavy atom. The molecule has 0 saturated carbocycles. The minimum absolute atomic E-state index is 0.00888. The van der Waals surface area contributed by atoms with Crippen molar-refractivity contribution in [2.75, 3.05) is 10.8 Å². The lowest BCUT2D eigenvalue weighted by Crippen LogP contribution is -2.40. The predicted octanol–water partition coefficient (Wildman–Crippen LogP) is 5.48. The third-order valence-corrected chi connectivity index (χ3v) is 7.90. The number of anilines is 1. The molecule has 1 N–H and O–H groups in total. The Balaban J connectivity index is 1.39. The molecule has 0 aliphatic rings. The SMILES string of the molecule is Cc1ccc(Cl)cc1N(CC(=O)N/N=C/c1ccc(OCc2ccc([N+](=O)[O-])cc2)cc1)S(=O)(=O)c1ccccc1. The Morgan fingerprint density at radius 2 is 1.71 bits per heavy atom. The summed E-state index contributed by atoms with van der Waals surface area (Å²) in [7, 11) is -4.08. The molecule has 0 atom stereocenters.